The summed E-state index contributed by atoms with van der Waals surface area (Å²) in [6.45, 7) is 1.64. The van der Waals surface area contributed by atoms with Gasteiger partial charge >= 0.3 is 5.97 Å². The Hall–Kier alpha value is -3.14. The first kappa shape index (κ1) is 19.2. The first-order valence-electron chi connectivity index (χ1n) is 8.48. The van der Waals surface area contributed by atoms with Gasteiger partial charge in [-0.3, -0.25) is 14.5 Å². The lowest BCUT2D eigenvalue weighted by atomic mass is 10.1. The van der Waals surface area contributed by atoms with E-state index < -0.39 is 41.9 Å². The molecule has 1 amide bonds. The molecule has 0 saturated heterocycles. The number of carbonyl (C=O) groups excluding carboxylic acids is 1. The van der Waals surface area contributed by atoms with Crippen LogP contribution in [0.5, 0.6) is 5.75 Å². The molecule has 1 aromatic heterocycles. The summed E-state index contributed by atoms with van der Waals surface area (Å²) in [4.78, 5) is 29.2. The minimum atomic E-state index is -1.32. The molecule has 1 N–H and O–H groups in total. The maximum absolute atomic E-state index is 14.0. The molecular formula is C19H13F3N2O4S. The number of hydrogen-bond acceptors (Lipinski definition) is 5. The van der Waals surface area contributed by atoms with Crippen LogP contribution in [0.2, 0.25) is 0 Å². The number of aliphatic carboxylic acids is 1. The topological polar surface area (TPSA) is 79.7 Å². The van der Waals surface area contributed by atoms with Gasteiger partial charge in [-0.25, -0.2) is 18.2 Å². The van der Waals surface area contributed by atoms with E-state index in [-0.39, 0.29) is 21.8 Å². The van der Waals surface area contributed by atoms with Gasteiger partial charge in [0.05, 0.1) is 23.4 Å². The number of halogens is 3. The van der Waals surface area contributed by atoms with Gasteiger partial charge in [0.15, 0.2) is 23.6 Å². The second kappa shape index (κ2) is 7.03. The highest BCUT2D eigenvalue weighted by Crippen LogP contribution is 2.38. The van der Waals surface area contributed by atoms with Crippen molar-refractivity contribution >= 4 is 39.1 Å². The van der Waals surface area contributed by atoms with E-state index in [4.69, 9.17) is 9.84 Å². The van der Waals surface area contributed by atoms with E-state index in [1.165, 1.54) is 4.90 Å². The number of aryl methyl sites for hydroxylation is 1. The summed E-state index contributed by atoms with van der Waals surface area (Å²) in [5, 5.41) is 9.23. The SMILES string of the molecule is Cc1ccc2c(c1)OC(CC(=O)O)C(=O)N2Cc1nc2c(F)cc(F)c(F)c2s1. The molecule has 0 spiro atoms. The van der Waals surface area contributed by atoms with Crippen LogP contribution in [0, 0.1) is 24.4 Å². The third-order valence-corrected chi connectivity index (χ3v) is 5.46. The second-order valence-electron chi connectivity index (χ2n) is 6.54. The predicted octanol–water partition coefficient (Wildman–Crippen LogP) is 3.79. The summed E-state index contributed by atoms with van der Waals surface area (Å²) in [6, 6.07) is 5.46. The van der Waals surface area contributed by atoms with E-state index in [9.17, 15) is 22.8 Å². The maximum atomic E-state index is 14.0. The van der Waals surface area contributed by atoms with E-state index in [1.54, 1.807) is 18.2 Å². The molecule has 0 bridgehead atoms. The molecule has 1 aliphatic heterocycles. The molecule has 0 aliphatic carbocycles. The Labute approximate surface area is 166 Å². The lowest BCUT2D eigenvalue weighted by Gasteiger charge is -2.33. The normalized spacial score (nSPS) is 16.1. The summed E-state index contributed by atoms with van der Waals surface area (Å²) in [5.74, 6) is -5.04. The fourth-order valence-electron chi connectivity index (χ4n) is 3.11. The van der Waals surface area contributed by atoms with Crippen LogP contribution in [0.1, 0.15) is 17.0 Å². The Morgan fingerprint density at radius 3 is 2.76 bits per heavy atom. The quantitative estimate of drug-likeness (QED) is 0.647. The van der Waals surface area contributed by atoms with Crippen LogP contribution in [0.3, 0.4) is 0 Å². The third-order valence-electron chi connectivity index (χ3n) is 4.43. The molecule has 2 aromatic carbocycles. The number of benzene rings is 2. The highest BCUT2D eigenvalue weighted by Gasteiger charge is 2.36. The van der Waals surface area contributed by atoms with Gasteiger partial charge in [0.2, 0.25) is 0 Å². The number of fused-ring (bicyclic) bond motifs is 2. The van der Waals surface area contributed by atoms with Crippen molar-refractivity contribution in [2.24, 2.45) is 0 Å². The van der Waals surface area contributed by atoms with Crippen LogP contribution in [0.25, 0.3) is 10.2 Å². The summed E-state index contributed by atoms with van der Waals surface area (Å²) < 4.78 is 46.7. The standard InChI is InChI=1S/C19H13F3N2O4S/c1-8-2-3-11-12(4-8)28-13(6-15(25)26)19(27)24(11)7-14-23-17-10(21)5-9(20)16(22)18(17)29-14/h2-5,13H,6-7H2,1H3,(H,25,26). The van der Waals surface area contributed by atoms with Crippen LogP contribution in [-0.2, 0) is 16.1 Å². The number of nitrogens with zero attached hydrogens (tertiary/aromatic N) is 2. The predicted molar refractivity (Wildman–Crippen MR) is 98.5 cm³/mol. The zero-order valence-electron chi connectivity index (χ0n) is 14.9. The molecule has 0 saturated carbocycles. The number of carbonyl (C=O) groups is 2. The van der Waals surface area contributed by atoms with E-state index in [0.717, 1.165) is 16.9 Å². The lowest BCUT2D eigenvalue weighted by molar-refractivity contribution is -0.142. The lowest BCUT2D eigenvalue weighted by Crippen LogP contribution is -2.46. The van der Waals surface area contributed by atoms with Crippen molar-refractivity contribution in [1.82, 2.24) is 4.98 Å². The fraction of sp³-hybridized carbons (Fsp3) is 0.211. The molecule has 1 unspecified atom stereocenters. The highest BCUT2D eigenvalue weighted by molar-refractivity contribution is 7.18. The zero-order valence-corrected chi connectivity index (χ0v) is 15.7. The number of anilines is 1. The third kappa shape index (κ3) is 3.39. The summed E-state index contributed by atoms with van der Waals surface area (Å²) in [7, 11) is 0. The largest absolute Gasteiger partial charge is 0.481 e. The van der Waals surface area contributed by atoms with Gasteiger partial charge in [-0.2, -0.15) is 0 Å². The molecule has 0 fully saturated rings. The molecule has 10 heteroatoms. The van der Waals surface area contributed by atoms with Crippen molar-refractivity contribution in [1.29, 1.82) is 0 Å². The van der Waals surface area contributed by atoms with Crippen LogP contribution in [0.4, 0.5) is 18.9 Å². The number of hydrogen-bond donors (Lipinski definition) is 1. The first-order valence-corrected chi connectivity index (χ1v) is 9.29. The number of amides is 1. The van der Waals surface area contributed by atoms with Crippen molar-refractivity contribution in [2.45, 2.75) is 26.0 Å². The molecule has 1 atom stereocenters. The number of carboxylic acid groups (broad SMARTS) is 1. The Bertz CT molecular complexity index is 1160. The minimum absolute atomic E-state index is 0.166. The zero-order chi connectivity index (χ0) is 20.9. The molecule has 1 aliphatic rings. The van der Waals surface area contributed by atoms with Crippen LogP contribution >= 0.6 is 11.3 Å². The summed E-state index contributed by atoms with van der Waals surface area (Å²) in [5.41, 5.74) is 0.899. The van der Waals surface area contributed by atoms with Gasteiger partial charge in [0, 0.05) is 6.07 Å². The van der Waals surface area contributed by atoms with Gasteiger partial charge in [-0.15, -0.1) is 11.3 Å². The van der Waals surface area contributed by atoms with Crippen molar-refractivity contribution in [3.8, 4) is 5.75 Å². The molecule has 3 aromatic rings. The Morgan fingerprint density at radius 2 is 2.03 bits per heavy atom. The average molecular weight is 422 g/mol. The molecule has 0 radical (unpaired) electrons. The molecule has 6 nitrogen and oxygen atoms in total. The number of aromatic nitrogens is 1. The van der Waals surface area contributed by atoms with E-state index in [1.807, 2.05) is 6.92 Å². The second-order valence-corrected chi connectivity index (χ2v) is 7.62. The van der Waals surface area contributed by atoms with E-state index >= 15 is 0 Å². The Kier molecular flexibility index (Phi) is 4.65. The van der Waals surface area contributed by atoms with E-state index in [0.29, 0.717) is 17.5 Å². The van der Waals surface area contributed by atoms with E-state index in [2.05, 4.69) is 4.98 Å². The van der Waals surface area contributed by atoms with Gasteiger partial charge < -0.3 is 9.84 Å². The van der Waals surface area contributed by atoms with Crippen molar-refractivity contribution < 1.29 is 32.6 Å². The van der Waals surface area contributed by atoms with Gasteiger partial charge in [0.1, 0.15) is 16.3 Å². The smallest absolute Gasteiger partial charge is 0.307 e. The summed E-state index contributed by atoms with van der Waals surface area (Å²) in [6.07, 6.45) is -1.79. The number of ether oxygens (including phenoxy) is 1. The number of thiazole rings is 1. The van der Waals surface area contributed by atoms with Crippen LogP contribution in [0.15, 0.2) is 24.3 Å². The van der Waals surface area contributed by atoms with Crippen molar-refractivity contribution in [2.75, 3.05) is 4.90 Å². The Balaban J connectivity index is 1.76. The molecule has 2 heterocycles. The first-order chi connectivity index (χ1) is 13.7. The molecular weight excluding hydrogens is 409 g/mol. The summed E-state index contributed by atoms with van der Waals surface area (Å²) >= 11 is 0.724. The molecule has 150 valence electrons. The fourth-order valence-corrected chi connectivity index (χ4v) is 4.11. The van der Waals surface area contributed by atoms with Crippen molar-refractivity contribution in [3.63, 3.8) is 0 Å². The minimum Gasteiger partial charge on any atom is -0.481 e. The average Bonchev–Trinajstić information content (AvgIpc) is 3.07. The van der Waals surface area contributed by atoms with Crippen LogP contribution in [-0.4, -0.2) is 28.1 Å². The number of rotatable bonds is 4. The van der Waals surface area contributed by atoms with Crippen LogP contribution < -0.4 is 9.64 Å². The Morgan fingerprint density at radius 1 is 1.28 bits per heavy atom. The molecule has 29 heavy (non-hydrogen) atoms. The van der Waals surface area contributed by atoms with Gasteiger partial charge in [-0.05, 0) is 24.6 Å². The van der Waals surface area contributed by atoms with Gasteiger partial charge in [-0.1, -0.05) is 6.07 Å². The monoisotopic (exact) mass is 422 g/mol. The van der Waals surface area contributed by atoms with Gasteiger partial charge in [0.25, 0.3) is 5.91 Å². The molecule has 4 rings (SSSR count). The highest BCUT2D eigenvalue weighted by atomic mass is 32.1. The maximum Gasteiger partial charge on any atom is 0.307 e. The number of carboxylic acids is 1. The van der Waals surface area contributed by atoms with Crippen molar-refractivity contribution in [3.05, 3.63) is 52.3 Å².